The van der Waals surface area contributed by atoms with E-state index in [4.69, 9.17) is 0 Å². The number of rotatable bonds is 12. The van der Waals surface area contributed by atoms with Crippen molar-refractivity contribution in [1.82, 2.24) is 10.3 Å². The molecule has 0 radical (unpaired) electrons. The number of ketones is 1. The Morgan fingerprint density at radius 3 is 2.59 bits per heavy atom. The minimum Gasteiger partial charge on any atom is -0.390 e. The molecule has 29 heavy (non-hydrogen) atoms. The van der Waals surface area contributed by atoms with Crippen LogP contribution in [0.25, 0.3) is 10.9 Å². The molecular formula is C24H36N2O3. The lowest BCUT2D eigenvalue weighted by atomic mass is 9.90. The van der Waals surface area contributed by atoms with Crippen LogP contribution in [0.5, 0.6) is 0 Å². The van der Waals surface area contributed by atoms with Gasteiger partial charge in [-0.05, 0) is 51.2 Å². The highest BCUT2D eigenvalue weighted by Crippen LogP contribution is 2.23. The van der Waals surface area contributed by atoms with E-state index in [1.54, 1.807) is 0 Å². The first-order valence-corrected chi connectivity index (χ1v) is 10.8. The second-order valence-electron chi connectivity index (χ2n) is 8.63. The van der Waals surface area contributed by atoms with Crippen LogP contribution < -0.4 is 5.32 Å². The van der Waals surface area contributed by atoms with Gasteiger partial charge in [-0.25, -0.2) is 0 Å². The number of aromatic amines is 1. The van der Waals surface area contributed by atoms with Crippen molar-refractivity contribution in [1.29, 1.82) is 0 Å². The molecule has 1 heterocycles. The van der Waals surface area contributed by atoms with Crippen LogP contribution in [0.4, 0.5) is 0 Å². The molecule has 160 valence electrons. The monoisotopic (exact) mass is 400 g/mol. The number of H-pyrrole nitrogens is 1. The molecule has 0 saturated heterocycles. The minimum absolute atomic E-state index is 0.0432. The Bertz CT molecular complexity index is 809. The lowest BCUT2D eigenvalue weighted by molar-refractivity contribution is -0.129. The van der Waals surface area contributed by atoms with Gasteiger partial charge in [-0.15, -0.1) is 0 Å². The van der Waals surface area contributed by atoms with E-state index in [9.17, 15) is 14.7 Å². The summed E-state index contributed by atoms with van der Waals surface area (Å²) in [5, 5.41) is 14.4. The topological polar surface area (TPSA) is 82.2 Å². The lowest BCUT2D eigenvalue weighted by Gasteiger charge is -2.24. The zero-order valence-corrected chi connectivity index (χ0v) is 18.3. The predicted molar refractivity (Wildman–Crippen MR) is 118 cm³/mol. The van der Waals surface area contributed by atoms with Crippen LogP contribution in [-0.2, 0) is 16.0 Å². The summed E-state index contributed by atoms with van der Waals surface area (Å²) >= 11 is 0. The average molecular weight is 401 g/mol. The molecule has 1 aromatic carbocycles. The molecule has 0 fully saturated rings. The van der Waals surface area contributed by atoms with Gasteiger partial charge in [0, 0.05) is 29.4 Å². The number of aliphatic hydroxyl groups is 1. The number of hydrogen-bond donors (Lipinski definition) is 3. The fourth-order valence-corrected chi connectivity index (χ4v) is 3.73. The Kier molecular flexibility index (Phi) is 8.45. The molecule has 0 spiro atoms. The summed E-state index contributed by atoms with van der Waals surface area (Å²) < 4.78 is 0. The Hall–Kier alpha value is -2.14. The first-order valence-electron chi connectivity index (χ1n) is 10.8. The third kappa shape index (κ3) is 7.00. The van der Waals surface area contributed by atoms with Crippen LogP contribution in [0.3, 0.4) is 0 Å². The van der Waals surface area contributed by atoms with Crippen molar-refractivity contribution in [2.24, 2.45) is 5.92 Å². The molecule has 1 amide bonds. The van der Waals surface area contributed by atoms with Gasteiger partial charge >= 0.3 is 0 Å². The van der Waals surface area contributed by atoms with Crippen molar-refractivity contribution < 1.29 is 14.7 Å². The van der Waals surface area contributed by atoms with E-state index in [1.165, 1.54) is 6.92 Å². The Morgan fingerprint density at radius 2 is 1.90 bits per heavy atom. The maximum absolute atomic E-state index is 12.6. The number of aromatic nitrogens is 1. The maximum atomic E-state index is 12.6. The molecule has 5 heteroatoms. The number of nitrogens with one attached hydrogen (secondary N) is 2. The van der Waals surface area contributed by atoms with Gasteiger partial charge in [0.15, 0.2) is 5.78 Å². The summed E-state index contributed by atoms with van der Waals surface area (Å²) in [6, 6.07) is 7.43. The van der Waals surface area contributed by atoms with E-state index in [2.05, 4.69) is 17.2 Å². The highest BCUT2D eigenvalue weighted by Gasteiger charge is 2.24. The number of fused-ring (bicyclic) bond motifs is 1. The number of unbranched alkanes of at least 4 members (excludes halogenated alkanes) is 1. The number of amides is 1. The van der Waals surface area contributed by atoms with E-state index >= 15 is 0 Å². The zero-order valence-electron chi connectivity index (χ0n) is 18.3. The van der Waals surface area contributed by atoms with Gasteiger partial charge < -0.3 is 15.4 Å². The van der Waals surface area contributed by atoms with Crippen LogP contribution in [-0.4, -0.2) is 33.4 Å². The second kappa shape index (κ2) is 10.6. The quantitative estimate of drug-likeness (QED) is 0.489. The molecule has 2 aromatic rings. The van der Waals surface area contributed by atoms with Crippen molar-refractivity contribution in [2.45, 2.75) is 84.3 Å². The molecule has 0 aliphatic carbocycles. The third-order valence-electron chi connectivity index (χ3n) is 5.78. The molecule has 3 N–H and O–H groups in total. The lowest BCUT2D eigenvalue weighted by Crippen LogP contribution is -2.43. The van der Waals surface area contributed by atoms with Crippen LogP contribution in [0.15, 0.2) is 30.5 Å². The van der Waals surface area contributed by atoms with Crippen LogP contribution >= 0.6 is 0 Å². The van der Waals surface area contributed by atoms with Crippen LogP contribution in [0, 0.1) is 5.92 Å². The first-order chi connectivity index (χ1) is 13.7. The predicted octanol–water partition coefficient (Wildman–Crippen LogP) is 4.53. The van der Waals surface area contributed by atoms with Gasteiger partial charge in [0.25, 0.3) is 0 Å². The zero-order chi connectivity index (χ0) is 21.4. The SMILES string of the molecule is CCCCC(C)(O)CCC[C@@H](C)C(=O)N[C@@H](Cc1c[nH]c2ccccc12)C(C)=O. The molecule has 0 aliphatic rings. The molecule has 5 nitrogen and oxygen atoms in total. The standard InChI is InChI=1S/C24H36N2O3/c1-5-6-13-24(4,29)14-9-10-17(2)23(28)26-22(18(3)27)15-19-16-25-21-12-8-7-11-20(19)21/h7-8,11-12,16-17,22,25,29H,5-6,9-10,13-15H2,1-4H3,(H,26,28)/t17-,22+,24?/m1/s1. The van der Waals surface area contributed by atoms with Crippen molar-refractivity contribution >= 4 is 22.6 Å². The average Bonchev–Trinajstić information content (AvgIpc) is 3.08. The summed E-state index contributed by atoms with van der Waals surface area (Å²) in [6.45, 7) is 7.40. The maximum Gasteiger partial charge on any atom is 0.223 e. The van der Waals surface area contributed by atoms with Crippen molar-refractivity contribution in [2.75, 3.05) is 0 Å². The largest absolute Gasteiger partial charge is 0.390 e. The van der Waals surface area contributed by atoms with E-state index < -0.39 is 11.6 Å². The minimum atomic E-state index is -0.663. The molecule has 0 aliphatic heterocycles. The number of carbonyl (C=O) groups is 2. The fourth-order valence-electron chi connectivity index (χ4n) is 3.73. The summed E-state index contributed by atoms with van der Waals surface area (Å²) in [4.78, 5) is 28.0. The Balaban J connectivity index is 1.89. The van der Waals surface area contributed by atoms with Gasteiger partial charge in [0.1, 0.15) is 0 Å². The highest BCUT2D eigenvalue weighted by molar-refractivity contribution is 5.90. The van der Waals surface area contributed by atoms with Gasteiger partial charge in [-0.1, -0.05) is 44.9 Å². The number of hydrogen-bond acceptors (Lipinski definition) is 3. The Morgan fingerprint density at radius 1 is 1.21 bits per heavy atom. The van der Waals surface area contributed by atoms with Crippen LogP contribution in [0.2, 0.25) is 0 Å². The molecule has 0 bridgehead atoms. The fraction of sp³-hybridized carbons (Fsp3) is 0.583. The van der Waals surface area contributed by atoms with Gasteiger partial charge in [-0.3, -0.25) is 9.59 Å². The van der Waals surface area contributed by atoms with Crippen molar-refractivity contribution in [3.05, 3.63) is 36.0 Å². The normalized spacial score (nSPS) is 15.6. The van der Waals surface area contributed by atoms with Crippen molar-refractivity contribution in [3.63, 3.8) is 0 Å². The summed E-state index contributed by atoms with van der Waals surface area (Å²) in [6.07, 6.45) is 7.44. The molecule has 1 aromatic heterocycles. The van der Waals surface area contributed by atoms with E-state index in [-0.39, 0.29) is 17.6 Å². The Labute approximate surface area is 174 Å². The highest BCUT2D eigenvalue weighted by atomic mass is 16.3. The number of benzene rings is 1. The summed E-state index contributed by atoms with van der Waals surface area (Å²) in [5.74, 6) is -0.335. The molecular weight excluding hydrogens is 364 g/mol. The molecule has 3 atom stereocenters. The molecule has 1 unspecified atom stereocenters. The molecule has 2 rings (SSSR count). The first kappa shape index (κ1) is 23.1. The smallest absolute Gasteiger partial charge is 0.223 e. The van der Waals surface area contributed by atoms with Gasteiger partial charge in [0.05, 0.1) is 11.6 Å². The van der Waals surface area contributed by atoms with Crippen LogP contribution in [0.1, 0.15) is 71.8 Å². The molecule has 0 saturated carbocycles. The summed E-state index contributed by atoms with van der Waals surface area (Å²) in [5.41, 5.74) is 1.39. The number of para-hydroxylation sites is 1. The van der Waals surface area contributed by atoms with E-state index in [0.717, 1.165) is 42.1 Å². The third-order valence-corrected chi connectivity index (χ3v) is 5.78. The van der Waals surface area contributed by atoms with E-state index in [1.807, 2.05) is 44.3 Å². The second-order valence-corrected chi connectivity index (χ2v) is 8.63. The van der Waals surface area contributed by atoms with Gasteiger partial charge in [0.2, 0.25) is 5.91 Å². The number of Topliss-reactive ketones (excluding diaryl/α,β-unsaturated/α-hetero) is 1. The van der Waals surface area contributed by atoms with E-state index in [0.29, 0.717) is 19.3 Å². The number of carbonyl (C=O) groups excluding carboxylic acids is 2. The van der Waals surface area contributed by atoms with Gasteiger partial charge in [-0.2, -0.15) is 0 Å². The van der Waals surface area contributed by atoms with Crippen molar-refractivity contribution in [3.8, 4) is 0 Å². The summed E-state index contributed by atoms with van der Waals surface area (Å²) in [7, 11) is 0.